The van der Waals surface area contributed by atoms with E-state index < -0.39 is 0 Å². The van der Waals surface area contributed by atoms with Gasteiger partial charge in [-0.25, -0.2) is 9.97 Å². The molecule has 122 valence electrons. The van der Waals surface area contributed by atoms with Crippen molar-refractivity contribution >= 4 is 11.6 Å². The molecule has 0 bridgehead atoms. The highest BCUT2D eigenvalue weighted by atomic mass is 16.5. The second kappa shape index (κ2) is 7.94. The quantitative estimate of drug-likeness (QED) is 0.637. The lowest BCUT2D eigenvalue weighted by atomic mass is 10.1. The van der Waals surface area contributed by atoms with E-state index in [9.17, 15) is 0 Å². The lowest BCUT2D eigenvalue weighted by Crippen LogP contribution is -1.95. The number of allylic oxidation sites excluding steroid dienone is 1. The number of aromatic nitrogens is 2. The van der Waals surface area contributed by atoms with E-state index in [-0.39, 0.29) is 6.61 Å². The summed E-state index contributed by atoms with van der Waals surface area (Å²) in [6, 6.07) is 19.9. The molecule has 0 aliphatic rings. The third-order valence-electron chi connectivity index (χ3n) is 3.71. The predicted octanol–water partition coefficient (Wildman–Crippen LogP) is 4.72. The molecule has 0 aliphatic heterocycles. The van der Waals surface area contributed by atoms with E-state index in [1.54, 1.807) is 6.33 Å². The number of rotatable bonds is 5. The maximum Gasteiger partial charge on any atom is 0.148 e. The van der Waals surface area contributed by atoms with Crippen LogP contribution >= 0.6 is 0 Å². The van der Waals surface area contributed by atoms with E-state index in [0.717, 1.165) is 33.8 Å². The highest BCUT2D eigenvalue weighted by Gasteiger charge is 2.05. The Morgan fingerprint density at radius 2 is 1.92 bits per heavy atom. The van der Waals surface area contributed by atoms with Gasteiger partial charge in [0.2, 0.25) is 0 Å². The van der Waals surface area contributed by atoms with Crippen molar-refractivity contribution in [2.24, 2.45) is 0 Å². The van der Waals surface area contributed by atoms with Gasteiger partial charge in [0.05, 0.1) is 11.4 Å². The van der Waals surface area contributed by atoms with Gasteiger partial charge >= 0.3 is 0 Å². The first kappa shape index (κ1) is 16.5. The Hall–Kier alpha value is -3.38. The molecule has 0 N–H and O–H groups in total. The van der Waals surface area contributed by atoms with E-state index in [2.05, 4.69) is 34.1 Å². The molecule has 0 amide bonds. The van der Waals surface area contributed by atoms with E-state index in [1.807, 2.05) is 55.5 Å². The smallest absolute Gasteiger partial charge is 0.148 e. The van der Waals surface area contributed by atoms with Crippen LogP contribution in [0, 0.1) is 12.3 Å². The van der Waals surface area contributed by atoms with Gasteiger partial charge < -0.3 is 4.74 Å². The fourth-order valence-corrected chi connectivity index (χ4v) is 2.47. The Morgan fingerprint density at radius 3 is 2.72 bits per heavy atom. The molecule has 3 aromatic rings. The number of nitrogens with zero attached hydrogens (tertiary/aromatic N) is 2. The third-order valence-corrected chi connectivity index (χ3v) is 3.71. The summed E-state index contributed by atoms with van der Waals surface area (Å²) < 4.78 is 5.48. The zero-order valence-corrected chi connectivity index (χ0v) is 14.0. The van der Waals surface area contributed by atoms with Gasteiger partial charge in [0.15, 0.2) is 0 Å². The first-order valence-electron chi connectivity index (χ1n) is 7.99. The summed E-state index contributed by atoms with van der Waals surface area (Å²) in [5.41, 5.74) is 4.92. The van der Waals surface area contributed by atoms with Crippen molar-refractivity contribution in [3.05, 3.63) is 78.2 Å². The van der Waals surface area contributed by atoms with Crippen LogP contribution in [0.1, 0.15) is 18.2 Å². The minimum atomic E-state index is 0.247. The molecule has 0 spiro atoms. The van der Waals surface area contributed by atoms with Crippen molar-refractivity contribution in [3.63, 3.8) is 0 Å². The molecular weight excluding hydrogens is 308 g/mol. The van der Waals surface area contributed by atoms with Gasteiger partial charge in [-0.3, -0.25) is 0 Å². The zero-order valence-electron chi connectivity index (χ0n) is 14.0. The van der Waals surface area contributed by atoms with Crippen LogP contribution in [0.15, 0.2) is 67.0 Å². The monoisotopic (exact) mass is 326 g/mol. The molecule has 1 aromatic heterocycles. The fourth-order valence-electron chi connectivity index (χ4n) is 2.47. The summed E-state index contributed by atoms with van der Waals surface area (Å²) in [6.45, 7) is 2.29. The fraction of sp³-hybridized carbons (Fsp3) is 0.0909. The molecule has 0 atom stereocenters. The van der Waals surface area contributed by atoms with Gasteiger partial charge in [0.1, 0.15) is 18.7 Å². The molecule has 3 heteroatoms. The number of hydrogen-bond acceptors (Lipinski definition) is 3. The van der Waals surface area contributed by atoms with Crippen LogP contribution in [0.5, 0.6) is 5.75 Å². The normalized spacial score (nSPS) is 11.0. The van der Waals surface area contributed by atoms with E-state index in [1.165, 1.54) is 0 Å². The van der Waals surface area contributed by atoms with E-state index in [0.29, 0.717) is 0 Å². The minimum absolute atomic E-state index is 0.247. The Balaban J connectivity index is 1.89. The Labute approximate surface area is 148 Å². The SMILES string of the molecule is C#CCOc1cccc(-c2cc(/C(C)=C/c3ccccc3)ncn2)c1. The first-order valence-corrected chi connectivity index (χ1v) is 7.99. The Bertz CT molecular complexity index is 924. The van der Waals surface area contributed by atoms with Crippen LogP contribution in [-0.2, 0) is 0 Å². The Morgan fingerprint density at radius 1 is 1.08 bits per heavy atom. The van der Waals surface area contributed by atoms with Gasteiger partial charge in [0, 0.05) is 5.56 Å². The van der Waals surface area contributed by atoms with Crippen molar-refractivity contribution in [2.45, 2.75) is 6.92 Å². The predicted molar refractivity (Wildman–Crippen MR) is 102 cm³/mol. The lowest BCUT2D eigenvalue weighted by molar-refractivity contribution is 0.370. The number of ether oxygens (including phenoxy) is 1. The molecule has 3 rings (SSSR count). The standard InChI is InChI=1S/C22H18N2O/c1-3-12-25-20-11-7-10-19(14-20)22-15-21(23-16-24-22)17(2)13-18-8-5-4-6-9-18/h1,4-11,13-16H,12H2,2H3/b17-13+. The van der Waals surface area contributed by atoms with Gasteiger partial charge in [0.25, 0.3) is 0 Å². The van der Waals surface area contributed by atoms with Crippen LogP contribution in [-0.4, -0.2) is 16.6 Å². The number of hydrogen-bond donors (Lipinski definition) is 0. The van der Waals surface area contributed by atoms with Crippen LogP contribution in [0.2, 0.25) is 0 Å². The molecule has 0 saturated carbocycles. The summed E-state index contributed by atoms with van der Waals surface area (Å²) in [7, 11) is 0. The average molecular weight is 326 g/mol. The van der Waals surface area contributed by atoms with E-state index >= 15 is 0 Å². The molecule has 0 saturated heterocycles. The number of benzene rings is 2. The first-order chi connectivity index (χ1) is 12.3. The summed E-state index contributed by atoms with van der Waals surface area (Å²) in [5, 5.41) is 0. The average Bonchev–Trinajstić information content (AvgIpc) is 2.67. The molecule has 25 heavy (non-hydrogen) atoms. The molecular formula is C22H18N2O. The molecule has 3 nitrogen and oxygen atoms in total. The maximum atomic E-state index is 5.48. The second-order valence-electron chi connectivity index (χ2n) is 5.55. The maximum absolute atomic E-state index is 5.48. The topological polar surface area (TPSA) is 35.0 Å². The van der Waals surface area contributed by atoms with Gasteiger partial charge in [-0.1, -0.05) is 48.4 Å². The molecule has 1 heterocycles. The van der Waals surface area contributed by atoms with Crippen LogP contribution < -0.4 is 4.74 Å². The van der Waals surface area contributed by atoms with Crippen molar-refractivity contribution in [3.8, 4) is 29.4 Å². The van der Waals surface area contributed by atoms with Crippen LogP contribution in [0.3, 0.4) is 0 Å². The summed E-state index contributed by atoms with van der Waals surface area (Å²) in [5.74, 6) is 3.20. The zero-order chi connectivity index (χ0) is 17.5. The van der Waals surface area contributed by atoms with Crippen molar-refractivity contribution in [1.82, 2.24) is 9.97 Å². The van der Waals surface area contributed by atoms with Crippen LogP contribution in [0.25, 0.3) is 22.9 Å². The lowest BCUT2D eigenvalue weighted by Gasteiger charge is -2.07. The minimum Gasteiger partial charge on any atom is -0.481 e. The summed E-state index contributed by atoms with van der Waals surface area (Å²) >= 11 is 0. The van der Waals surface area contributed by atoms with Crippen molar-refractivity contribution in [1.29, 1.82) is 0 Å². The van der Waals surface area contributed by atoms with Crippen molar-refractivity contribution < 1.29 is 4.74 Å². The van der Waals surface area contributed by atoms with Gasteiger partial charge in [-0.15, -0.1) is 6.42 Å². The molecule has 0 aliphatic carbocycles. The summed E-state index contributed by atoms with van der Waals surface area (Å²) in [6.07, 6.45) is 8.94. The van der Waals surface area contributed by atoms with Crippen LogP contribution in [0.4, 0.5) is 0 Å². The summed E-state index contributed by atoms with van der Waals surface area (Å²) in [4.78, 5) is 8.78. The third kappa shape index (κ3) is 4.33. The highest BCUT2D eigenvalue weighted by Crippen LogP contribution is 2.24. The molecule has 0 radical (unpaired) electrons. The largest absolute Gasteiger partial charge is 0.481 e. The highest BCUT2D eigenvalue weighted by molar-refractivity contribution is 5.79. The number of terminal acetylenes is 1. The molecule has 0 unspecified atom stereocenters. The molecule has 0 fully saturated rings. The van der Waals surface area contributed by atoms with Crippen molar-refractivity contribution in [2.75, 3.05) is 6.61 Å². The second-order valence-corrected chi connectivity index (χ2v) is 5.55. The van der Waals surface area contributed by atoms with E-state index in [4.69, 9.17) is 11.2 Å². The molecule has 2 aromatic carbocycles. The van der Waals surface area contributed by atoms with Gasteiger partial charge in [-0.05, 0) is 42.3 Å². The van der Waals surface area contributed by atoms with Gasteiger partial charge in [-0.2, -0.15) is 0 Å². The Kier molecular flexibility index (Phi) is 5.23.